The maximum absolute atomic E-state index is 13.6. The number of nitro benzene ring substituents is 1. The molecule has 320 valence electrons. The molecule has 1 unspecified atom stereocenters. The Balaban J connectivity index is 0.919. The van der Waals surface area contributed by atoms with E-state index in [1.807, 2.05) is 30.5 Å². The van der Waals surface area contributed by atoms with Crippen molar-refractivity contribution in [2.45, 2.75) is 62.4 Å². The smallest absolute Gasteiger partial charge is 0.281 e. The Morgan fingerprint density at radius 1 is 1.05 bits per heavy atom. The zero-order valence-electron chi connectivity index (χ0n) is 34.0. The Labute approximate surface area is 362 Å². The summed E-state index contributed by atoms with van der Waals surface area (Å²) in [5.41, 5.74) is 4.59. The van der Waals surface area contributed by atoms with Crippen LogP contribution >= 0.6 is 11.6 Å². The van der Waals surface area contributed by atoms with Crippen LogP contribution in [0.15, 0.2) is 96.3 Å². The van der Waals surface area contributed by atoms with Crippen molar-refractivity contribution < 1.29 is 28.1 Å². The number of fused-ring (bicyclic) bond motifs is 1. The first-order chi connectivity index (χ1) is 29.6. The number of amides is 1. The zero-order valence-corrected chi connectivity index (χ0v) is 35.6. The number of ether oxygens (including phenoxy) is 3. The van der Waals surface area contributed by atoms with Crippen LogP contribution in [0.3, 0.4) is 0 Å². The van der Waals surface area contributed by atoms with Gasteiger partial charge in [-0.2, -0.15) is 0 Å². The minimum atomic E-state index is -2.12. The number of rotatable bonds is 17. The molecule has 5 heterocycles. The third kappa shape index (κ3) is 10.6. The Hall–Kier alpha value is -5.19. The number of aryl methyl sites for hydroxylation is 1. The number of piperazine rings is 1. The van der Waals surface area contributed by atoms with E-state index < -0.39 is 21.8 Å². The lowest BCUT2D eigenvalue weighted by atomic mass is 9.63. The topological polar surface area (TPSA) is 165 Å². The molecule has 0 spiro atoms. The van der Waals surface area contributed by atoms with Crippen molar-refractivity contribution in [3.05, 3.63) is 123 Å². The van der Waals surface area contributed by atoms with Crippen molar-refractivity contribution >= 4 is 50.9 Å². The average Bonchev–Trinajstić information content (AvgIpc) is 3.73. The molecule has 2 aromatic carbocycles. The highest BCUT2D eigenvalue weighted by Gasteiger charge is 2.36. The molecular formula is C45H50ClN7O7S. The Kier molecular flexibility index (Phi) is 13.4. The highest BCUT2D eigenvalue weighted by molar-refractivity contribution is 7.83. The number of hydrogen-bond acceptors (Lipinski definition) is 11. The predicted octanol–water partition coefficient (Wildman–Crippen LogP) is 7.98. The molecule has 0 bridgehead atoms. The summed E-state index contributed by atoms with van der Waals surface area (Å²) in [7, 11) is -2.12. The Morgan fingerprint density at radius 3 is 2.61 bits per heavy atom. The molecule has 14 nitrogen and oxygen atoms in total. The lowest BCUT2D eigenvalue weighted by Crippen LogP contribution is -2.47. The number of carbonyl (C=O) groups is 1. The first kappa shape index (κ1) is 42.5. The van der Waals surface area contributed by atoms with Gasteiger partial charge in [-0.25, -0.2) is 14.2 Å². The van der Waals surface area contributed by atoms with Crippen LogP contribution in [0.4, 0.5) is 11.4 Å². The molecule has 2 N–H and O–H groups in total. The van der Waals surface area contributed by atoms with Crippen LogP contribution in [0, 0.1) is 15.5 Å². The largest absolute Gasteiger partial charge is 0.452 e. The van der Waals surface area contributed by atoms with E-state index in [4.69, 9.17) is 25.8 Å². The van der Waals surface area contributed by atoms with Gasteiger partial charge in [0.2, 0.25) is 0 Å². The number of aromatic amines is 1. The number of anilines is 1. The number of carbonyl (C=O) groups excluding carboxylic acids is 1. The van der Waals surface area contributed by atoms with Crippen LogP contribution in [0.25, 0.3) is 11.0 Å². The van der Waals surface area contributed by atoms with E-state index in [0.29, 0.717) is 61.1 Å². The van der Waals surface area contributed by atoms with E-state index in [9.17, 15) is 19.1 Å². The monoisotopic (exact) mass is 867 g/mol. The number of nitrogens with one attached hydrogen (secondary N) is 2. The van der Waals surface area contributed by atoms with Crippen LogP contribution in [0.1, 0.15) is 60.1 Å². The number of nitrogens with zero attached hydrogens (tertiary/aromatic N) is 5. The second kappa shape index (κ2) is 19.2. The van der Waals surface area contributed by atoms with Crippen molar-refractivity contribution in [2.75, 3.05) is 57.4 Å². The molecule has 1 aliphatic carbocycles. The maximum atomic E-state index is 13.6. The van der Waals surface area contributed by atoms with Crippen molar-refractivity contribution in [1.82, 2.24) is 24.6 Å². The molecule has 5 aromatic rings. The zero-order chi connectivity index (χ0) is 42.3. The van der Waals surface area contributed by atoms with Gasteiger partial charge < -0.3 is 24.1 Å². The van der Waals surface area contributed by atoms with Gasteiger partial charge in [0.15, 0.2) is 16.7 Å². The standard InChI is InChI=1S/C45H50ClN7O7S/c1-31(9-14-45(12-2-13-45)15-10-32-3-6-35(46)7-4-32)29-51-17-19-52(20-18-51)41-26-39(48-28-42(41)60-36-24-34-11-16-47-43(34)49-27-36)44(54)50-61(57)38-8-5-33(40(25-38)53(55)56)23-37-30-58-21-22-59-37/h3-8,11,16,24-28,37H,1-2,9-10,12-15,17-23,29-30H2,(H,47,49)(H,50,54)/t37-,61?/m0/s1. The van der Waals surface area contributed by atoms with Gasteiger partial charge in [0, 0.05) is 67.4 Å². The summed E-state index contributed by atoms with van der Waals surface area (Å²) >= 11 is 6.11. The summed E-state index contributed by atoms with van der Waals surface area (Å²) in [5.74, 6) is 0.247. The van der Waals surface area contributed by atoms with Gasteiger partial charge in [0.05, 0.1) is 53.8 Å². The van der Waals surface area contributed by atoms with Gasteiger partial charge in [-0.05, 0) is 85.9 Å². The molecule has 2 atom stereocenters. The third-order valence-electron chi connectivity index (χ3n) is 12.1. The van der Waals surface area contributed by atoms with E-state index >= 15 is 0 Å². The lowest BCUT2D eigenvalue weighted by Gasteiger charge is -2.43. The molecule has 2 aliphatic heterocycles. The van der Waals surface area contributed by atoms with Gasteiger partial charge >= 0.3 is 0 Å². The SMILES string of the molecule is C=C(CCC1(CCc2ccc(Cl)cc2)CCC1)CN1CCN(c2cc(C(=O)NS(=O)c3ccc(C[C@H]4COCCO4)c([N+](=O)[O-])c3)ncc2Oc2cnc3[nH]ccc3c2)CC1. The Morgan fingerprint density at radius 2 is 1.87 bits per heavy atom. The van der Waals surface area contributed by atoms with Gasteiger partial charge in [-0.3, -0.25) is 24.5 Å². The number of benzene rings is 2. The molecule has 2 saturated heterocycles. The van der Waals surface area contributed by atoms with Gasteiger partial charge in [-0.15, -0.1) is 0 Å². The molecule has 16 heteroatoms. The summed E-state index contributed by atoms with van der Waals surface area (Å²) in [4.78, 5) is 41.7. The normalized spacial score (nSPS) is 18.3. The fourth-order valence-electron chi connectivity index (χ4n) is 8.43. The minimum absolute atomic E-state index is 0.0206. The van der Waals surface area contributed by atoms with Crippen molar-refractivity contribution in [2.24, 2.45) is 5.41 Å². The summed E-state index contributed by atoms with van der Waals surface area (Å²) in [5, 5.41) is 13.7. The average molecular weight is 868 g/mol. The van der Waals surface area contributed by atoms with Crippen molar-refractivity contribution in [1.29, 1.82) is 0 Å². The quantitative estimate of drug-likeness (QED) is 0.0529. The van der Waals surface area contributed by atoms with E-state index in [0.717, 1.165) is 55.0 Å². The van der Waals surface area contributed by atoms with Crippen LogP contribution in [-0.4, -0.2) is 93.5 Å². The van der Waals surface area contributed by atoms with Crippen molar-refractivity contribution in [3.8, 4) is 11.5 Å². The van der Waals surface area contributed by atoms with Crippen molar-refractivity contribution in [3.63, 3.8) is 0 Å². The molecule has 1 amide bonds. The minimum Gasteiger partial charge on any atom is -0.452 e. The van der Waals surface area contributed by atoms with E-state index in [1.165, 1.54) is 55.1 Å². The molecule has 3 aliphatic rings. The van der Waals surface area contributed by atoms with Crippen LogP contribution in [0.2, 0.25) is 5.02 Å². The molecule has 8 rings (SSSR count). The lowest BCUT2D eigenvalue weighted by molar-refractivity contribution is -0.385. The highest BCUT2D eigenvalue weighted by atomic mass is 35.5. The van der Waals surface area contributed by atoms with Gasteiger partial charge in [-0.1, -0.05) is 48.4 Å². The highest BCUT2D eigenvalue weighted by Crippen LogP contribution is 2.49. The van der Waals surface area contributed by atoms with Crippen LogP contribution in [0.5, 0.6) is 11.5 Å². The molecular weight excluding hydrogens is 818 g/mol. The Bertz CT molecular complexity index is 2390. The van der Waals surface area contributed by atoms with Crippen LogP contribution < -0.4 is 14.4 Å². The number of H-pyrrole nitrogens is 1. The molecule has 61 heavy (non-hydrogen) atoms. The van der Waals surface area contributed by atoms with Gasteiger partial charge in [0.1, 0.15) is 17.1 Å². The number of hydrogen-bond donors (Lipinski definition) is 2. The summed E-state index contributed by atoms with van der Waals surface area (Å²) in [6, 6.07) is 17.9. The first-order valence-corrected chi connectivity index (χ1v) is 22.3. The second-order valence-electron chi connectivity index (χ2n) is 16.2. The van der Waals surface area contributed by atoms with E-state index in [1.54, 1.807) is 18.3 Å². The molecule has 0 radical (unpaired) electrons. The number of halogens is 1. The fraction of sp³-hybridized carbons (Fsp3) is 0.400. The number of pyridine rings is 2. The molecule has 3 aromatic heterocycles. The third-order valence-corrected chi connectivity index (χ3v) is 13.4. The van der Waals surface area contributed by atoms with E-state index in [-0.39, 0.29) is 28.8 Å². The maximum Gasteiger partial charge on any atom is 0.281 e. The van der Waals surface area contributed by atoms with Crippen LogP contribution in [-0.2, 0) is 33.3 Å². The summed E-state index contributed by atoms with van der Waals surface area (Å²) in [6.07, 6.45) is 13.1. The summed E-state index contributed by atoms with van der Waals surface area (Å²) < 4.78 is 33.4. The summed E-state index contributed by atoms with van der Waals surface area (Å²) in [6.45, 7) is 9.42. The predicted molar refractivity (Wildman–Crippen MR) is 235 cm³/mol. The fourth-order valence-corrected chi connectivity index (χ4v) is 9.35. The van der Waals surface area contributed by atoms with Gasteiger partial charge in [0.25, 0.3) is 11.6 Å². The molecule has 3 fully saturated rings. The number of aromatic nitrogens is 3. The van der Waals surface area contributed by atoms with E-state index in [2.05, 4.69) is 48.2 Å². The first-order valence-electron chi connectivity index (χ1n) is 20.8. The second-order valence-corrected chi connectivity index (χ2v) is 17.9. The molecule has 1 saturated carbocycles. The number of nitro groups is 1.